The molecule has 0 amide bonds. The molecule has 0 atom stereocenters. The minimum Gasteiger partial charge on any atom is -0.344 e. The Hall–Kier alpha value is -2.68. The summed E-state index contributed by atoms with van der Waals surface area (Å²) < 4.78 is 2.13. The van der Waals surface area contributed by atoms with Gasteiger partial charge in [-0.05, 0) is 41.8 Å². The highest BCUT2D eigenvalue weighted by atomic mass is 15.1. The minimum absolute atomic E-state index is 0.0400. The third-order valence-electron chi connectivity index (χ3n) is 5.55. The third kappa shape index (κ3) is 2.26. The van der Waals surface area contributed by atoms with Gasteiger partial charge in [0.2, 0.25) is 5.69 Å². The van der Waals surface area contributed by atoms with Crippen molar-refractivity contribution in [1.82, 2.24) is 4.98 Å². The molecule has 1 aliphatic heterocycles. The Morgan fingerprint density at radius 1 is 1.04 bits per heavy atom. The third-order valence-corrected chi connectivity index (χ3v) is 5.55. The van der Waals surface area contributed by atoms with E-state index in [1.165, 1.54) is 33.6 Å². The average Bonchev–Trinajstić information content (AvgIpc) is 2.60. The van der Waals surface area contributed by atoms with Crippen molar-refractivity contribution in [2.45, 2.75) is 26.2 Å². The number of para-hydroxylation sites is 1. The molecule has 25 heavy (non-hydrogen) atoms. The average molecular weight is 330 g/mol. The van der Waals surface area contributed by atoms with Crippen LogP contribution in [-0.4, -0.2) is 12.0 Å². The number of fused-ring (bicyclic) bond motifs is 2. The Balaban J connectivity index is 1.99. The van der Waals surface area contributed by atoms with E-state index in [-0.39, 0.29) is 5.41 Å². The number of nitrogens with zero attached hydrogens (tertiary/aromatic N) is 3. The van der Waals surface area contributed by atoms with Gasteiger partial charge in [-0.2, -0.15) is 4.57 Å². The van der Waals surface area contributed by atoms with Crippen molar-refractivity contribution in [3.8, 4) is 11.3 Å². The van der Waals surface area contributed by atoms with Gasteiger partial charge in [0.15, 0.2) is 6.20 Å². The molecule has 1 aliphatic rings. The first-order valence-electron chi connectivity index (χ1n) is 8.69. The normalized spacial score (nSPS) is 14.8. The second kappa shape index (κ2) is 5.41. The van der Waals surface area contributed by atoms with Crippen LogP contribution < -0.4 is 9.47 Å². The monoisotopic (exact) mass is 330 g/mol. The van der Waals surface area contributed by atoms with E-state index < -0.39 is 0 Å². The number of aromatic nitrogens is 2. The molecule has 0 bridgehead atoms. The molecular weight excluding hydrogens is 306 g/mol. The summed E-state index contributed by atoms with van der Waals surface area (Å²) in [5.74, 6) is 0. The molecule has 3 heteroatoms. The molecule has 0 radical (unpaired) electrons. The van der Waals surface area contributed by atoms with E-state index in [1.54, 1.807) is 0 Å². The van der Waals surface area contributed by atoms with Crippen LogP contribution in [0.3, 0.4) is 0 Å². The Labute approximate surface area is 149 Å². The second-order valence-electron chi connectivity index (χ2n) is 7.46. The first-order chi connectivity index (χ1) is 11.9. The fourth-order valence-electron chi connectivity index (χ4n) is 4.00. The van der Waals surface area contributed by atoms with Crippen LogP contribution in [0.25, 0.3) is 11.3 Å². The van der Waals surface area contributed by atoms with Crippen LogP contribution in [0, 0.1) is 6.92 Å². The Bertz CT molecular complexity index is 973. The van der Waals surface area contributed by atoms with Gasteiger partial charge >= 0.3 is 0 Å². The van der Waals surface area contributed by atoms with Crippen LogP contribution >= 0.6 is 0 Å². The van der Waals surface area contributed by atoms with E-state index in [1.807, 2.05) is 18.6 Å². The lowest BCUT2D eigenvalue weighted by Crippen LogP contribution is -2.33. The highest BCUT2D eigenvalue weighted by Crippen LogP contribution is 2.49. The zero-order chi connectivity index (χ0) is 17.8. The summed E-state index contributed by atoms with van der Waals surface area (Å²) in [4.78, 5) is 6.65. The molecule has 1 aromatic heterocycles. The molecule has 0 fully saturated rings. The summed E-state index contributed by atoms with van der Waals surface area (Å²) in [6.07, 6.45) is 5.77. The molecule has 0 N–H and O–H groups in total. The van der Waals surface area contributed by atoms with Crippen LogP contribution in [0.4, 0.5) is 11.4 Å². The van der Waals surface area contributed by atoms with Crippen LogP contribution in [0.2, 0.25) is 0 Å². The highest BCUT2D eigenvalue weighted by molar-refractivity contribution is 5.81. The van der Waals surface area contributed by atoms with Gasteiger partial charge in [-0.3, -0.25) is 4.98 Å². The standard InChI is InChI=1S/C22H24N3/c1-15-12-20-18(13-16(15)21-14-23-10-11-24(21)4)22(2,3)17-8-6-7-9-19(17)25(20)5/h6-14H,1-5H3/q+1. The van der Waals surface area contributed by atoms with E-state index in [0.717, 1.165) is 5.69 Å². The number of hydrogen-bond acceptors (Lipinski definition) is 2. The van der Waals surface area contributed by atoms with Crippen LogP contribution in [0.5, 0.6) is 0 Å². The van der Waals surface area contributed by atoms with Gasteiger partial charge in [0.1, 0.15) is 7.05 Å². The van der Waals surface area contributed by atoms with Gasteiger partial charge in [0.25, 0.3) is 0 Å². The van der Waals surface area contributed by atoms with E-state index in [9.17, 15) is 0 Å². The molecular formula is C22H24N3+. The van der Waals surface area contributed by atoms with Crippen molar-refractivity contribution in [2.24, 2.45) is 7.05 Å². The zero-order valence-electron chi connectivity index (χ0n) is 15.5. The summed E-state index contributed by atoms with van der Waals surface area (Å²) in [6, 6.07) is 13.4. The first kappa shape index (κ1) is 15.8. The van der Waals surface area contributed by atoms with Crippen molar-refractivity contribution in [2.75, 3.05) is 11.9 Å². The first-order valence-corrected chi connectivity index (χ1v) is 8.69. The number of rotatable bonds is 1. The quantitative estimate of drug-likeness (QED) is 0.620. The summed E-state index contributed by atoms with van der Waals surface area (Å²) in [5, 5.41) is 0. The van der Waals surface area contributed by atoms with Crippen molar-refractivity contribution < 1.29 is 4.57 Å². The van der Waals surface area contributed by atoms with E-state index in [2.05, 4.69) is 85.7 Å². The van der Waals surface area contributed by atoms with Gasteiger partial charge in [-0.25, -0.2) is 0 Å². The van der Waals surface area contributed by atoms with Crippen molar-refractivity contribution >= 4 is 11.4 Å². The summed E-state index contributed by atoms with van der Waals surface area (Å²) in [5.41, 5.74) is 8.92. The van der Waals surface area contributed by atoms with Crippen LogP contribution in [0.15, 0.2) is 55.0 Å². The second-order valence-corrected chi connectivity index (χ2v) is 7.46. The van der Waals surface area contributed by atoms with Crippen molar-refractivity contribution in [3.63, 3.8) is 0 Å². The lowest BCUT2D eigenvalue weighted by Gasteiger charge is -2.40. The smallest absolute Gasteiger partial charge is 0.231 e. The molecule has 0 aliphatic carbocycles. The number of aryl methyl sites for hydroxylation is 2. The maximum absolute atomic E-state index is 4.33. The number of anilines is 2. The molecule has 0 saturated carbocycles. The molecule has 3 nitrogen and oxygen atoms in total. The van der Waals surface area contributed by atoms with Crippen LogP contribution in [0.1, 0.15) is 30.5 Å². The van der Waals surface area contributed by atoms with Crippen LogP contribution in [-0.2, 0) is 12.5 Å². The molecule has 0 spiro atoms. The summed E-state index contributed by atoms with van der Waals surface area (Å²) in [6.45, 7) is 6.82. The minimum atomic E-state index is -0.0400. The Kier molecular flexibility index (Phi) is 3.43. The van der Waals surface area contributed by atoms with Gasteiger partial charge in [-0.1, -0.05) is 32.0 Å². The molecule has 3 aromatic rings. The van der Waals surface area contributed by atoms with E-state index in [4.69, 9.17) is 0 Å². The largest absolute Gasteiger partial charge is 0.344 e. The summed E-state index contributed by atoms with van der Waals surface area (Å²) in [7, 11) is 4.23. The number of hydrogen-bond donors (Lipinski definition) is 0. The van der Waals surface area contributed by atoms with Gasteiger partial charge < -0.3 is 4.90 Å². The molecule has 2 heterocycles. The predicted molar refractivity (Wildman–Crippen MR) is 102 cm³/mol. The predicted octanol–water partition coefficient (Wildman–Crippen LogP) is 4.29. The van der Waals surface area contributed by atoms with E-state index in [0.29, 0.717) is 0 Å². The lowest BCUT2D eigenvalue weighted by atomic mass is 9.73. The van der Waals surface area contributed by atoms with Gasteiger partial charge in [0, 0.05) is 23.8 Å². The molecule has 0 unspecified atom stereocenters. The van der Waals surface area contributed by atoms with Gasteiger partial charge in [-0.15, -0.1) is 0 Å². The highest BCUT2D eigenvalue weighted by Gasteiger charge is 2.35. The Morgan fingerprint density at radius 2 is 1.80 bits per heavy atom. The van der Waals surface area contributed by atoms with Crippen molar-refractivity contribution in [1.29, 1.82) is 0 Å². The lowest BCUT2D eigenvalue weighted by molar-refractivity contribution is -0.660. The summed E-state index contributed by atoms with van der Waals surface area (Å²) >= 11 is 0. The molecule has 0 saturated heterocycles. The SMILES string of the molecule is Cc1cc2c(cc1-c1cncc[n+]1C)C(C)(C)c1ccccc1N2C. The maximum Gasteiger partial charge on any atom is 0.231 e. The topological polar surface area (TPSA) is 20.0 Å². The zero-order valence-corrected chi connectivity index (χ0v) is 15.5. The maximum atomic E-state index is 4.33. The fraction of sp³-hybridized carbons (Fsp3) is 0.273. The fourth-order valence-corrected chi connectivity index (χ4v) is 4.00. The Morgan fingerprint density at radius 3 is 2.56 bits per heavy atom. The molecule has 126 valence electrons. The van der Waals surface area contributed by atoms with E-state index >= 15 is 0 Å². The van der Waals surface area contributed by atoms with Crippen molar-refractivity contribution in [3.05, 3.63) is 71.7 Å². The number of benzene rings is 2. The van der Waals surface area contributed by atoms with Gasteiger partial charge in [0.05, 0.1) is 18.0 Å². The molecule has 2 aromatic carbocycles. The molecule has 4 rings (SSSR count).